The maximum atomic E-state index is 9.75. The van der Waals surface area contributed by atoms with Gasteiger partial charge >= 0.3 is 7.25 Å². The Balaban J connectivity index is 0.000000344. The Bertz CT molecular complexity index is 526. The third-order valence-corrected chi connectivity index (χ3v) is 2.99. The van der Waals surface area contributed by atoms with Gasteiger partial charge in [0.05, 0.1) is 0 Å². The van der Waals surface area contributed by atoms with Crippen molar-refractivity contribution in [1.82, 2.24) is 0 Å². The van der Waals surface area contributed by atoms with E-state index < -0.39 is 7.25 Å². The molecule has 0 unspecified atom stereocenters. The van der Waals surface area contributed by atoms with E-state index in [1.807, 2.05) is 0 Å². The van der Waals surface area contributed by atoms with E-state index >= 15 is 0 Å². The van der Waals surface area contributed by atoms with Crippen LogP contribution < -0.4 is 0 Å². The van der Waals surface area contributed by atoms with Gasteiger partial charge in [-0.05, 0) is 36.5 Å². The van der Waals surface area contributed by atoms with Crippen molar-refractivity contribution in [1.29, 1.82) is 0 Å². The van der Waals surface area contributed by atoms with Crippen LogP contribution in [-0.4, -0.2) is 7.25 Å². The summed E-state index contributed by atoms with van der Waals surface area (Å²) in [6.07, 6.45) is 14.0. The van der Waals surface area contributed by atoms with Gasteiger partial charge < -0.3 is 17.3 Å². The third kappa shape index (κ3) is 13.1. The van der Waals surface area contributed by atoms with Crippen LogP contribution >= 0.6 is 0 Å². The molecule has 24 heavy (non-hydrogen) atoms. The van der Waals surface area contributed by atoms with Crippen molar-refractivity contribution in [3.63, 3.8) is 0 Å². The molecule has 0 atom stereocenters. The fourth-order valence-corrected chi connectivity index (χ4v) is 1.99. The molecule has 6 heteroatoms. The summed E-state index contributed by atoms with van der Waals surface area (Å²) in [7, 11) is -6.00. The van der Waals surface area contributed by atoms with Crippen molar-refractivity contribution in [2.24, 2.45) is 0 Å². The maximum Gasteiger partial charge on any atom is 0.673 e. The van der Waals surface area contributed by atoms with Crippen LogP contribution in [-0.2, 0) is 19.5 Å². The van der Waals surface area contributed by atoms with Crippen molar-refractivity contribution in [2.75, 3.05) is 0 Å². The van der Waals surface area contributed by atoms with Gasteiger partial charge in [0.1, 0.15) is 0 Å². The van der Waals surface area contributed by atoms with E-state index in [9.17, 15) is 17.3 Å². The van der Waals surface area contributed by atoms with E-state index in [1.54, 1.807) is 0 Å². The van der Waals surface area contributed by atoms with Crippen LogP contribution in [0.1, 0.15) is 25.7 Å². The van der Waals surface area contributed by atoms with Crippen LogP contribution in [0.3, 0.4) is 0 Å². The standard InChI is InChI=1S/C10H8.C8H12.BF4.Rh/c1-2-6-10-8-4-3-7-9(10)5-1;1-2-4-6-8-7-5-3-1;2-1(3,4)5;/h1-8H;1-2,7-8H,3-6H2;;/q;;-1;/b;2-1-,8-7?;;. The Morgan fingerprint density at radius 3 is 0.958 bits per heavy atom. The SMILES string of the molecule is C1=CCC/C=C\CC1.F[B-](F)(F)F.[Rh].c1ccc2ccccc2c1. The van der Waals surface area contributed by atoms with Gasteiger partial charge in [0.15, 0.2) is 0 Å². The number of hydrogen-bond donors (Lipinski definition) is 0. The average molecular weight is 426 g/mol. The molecule has 3 rings (SSSR count). The summed E-state index contributed by atoms with van der Waals surface area (Å²) >= 11 is 0. The molecule has 0 amide bonds. The number of fused-ring (bicyclic) bond motifs is 1. The minimum atomic E-state index is -6.00. The van der Waals surface area contributed by atoms with Gasteiger partial charge in [0.25, 0.3) is 0 Å². The number of benzene rings is 2. The van der Waals surface area contributed by atoms with Gasteiger partial charge in [-0.15, -0.1) is 0 Å². The van der Waals surface area contributed by atoms with Gasteiger partial charge in [-0.1, -0.05) is 72.8 Å². The summed E-state index contributed by atoms with van der Waals surface area (Å²) < 4.78 is 39.0. The zero-order chi connectivity index (χ0) is 17.0. The molecule has 1 aliphatic rings. The smallest absolute Gasteiger partial charge is 0.418 e. The summed E-state index contributed by atoms with van der Waals surface area (Å²) in [5.41, 5.74) is 0. The van der Waals surface area contributed by atoms with Gasteiger partial charge in [0.2, 0.25) is 0 Å². The van der Waals surface area contributed by atoms with Gasteiger partial charge in [0, 0.05) is 19.5 Å². The van der Waals surface area contributed by atoms with Crippen LogP contribution in [0, 0.1) is 0 Å². The first-order valence-corrected chi connectivity index (χ1v) is 7.58. The van der Waals surface area contributed by atoms with Crippen molar-refractivity contribution in [3.05, 3.63) is 72.8 Å². The first kappa shape index (κ1) is 22.6. The Kier molecular flexibility index (Phi) is 12.2. The maximum absolute atomic E-state index is 9.75. The van der Waals surface area contributed by atoms with Crippen LogP contribution in [0.2, 0.25) is 0 Å². The summed E-state index contributed by atoms with van der Waals surface area (Å²) in [4.78, 5) is 0. The van der Waals surface area contributed by atoms with Crippen LogP contribution in [0.25, 0.3) is 10.8 Å². The molecule has 0 aromatic heterocycles. The van der Waals surface area contributed by atoms with Gasteiger partial charge in [-0.3, -0.25) is 0 Å². The summed E-state index contributed by atoms with van der Waals surface area (Å²) in [5.74, 6) is 0. The summed E-state index contributed by atoms with van der Waals surface area (Å²) in [6.45, 7) is 0. The van der Waals surface area contributed by atoms with E-state index in [0.717, 1.165) is 0 Å². The molecule has 2 aromatic rings. The first-order chi connectivity index (χ1) is 11.0. The molecule has 1 aliphatic carbocycles. The molecular formula is C18H20BF4Rh-. The second kappa shape index (κ2) is 12.9. The topological polar surface area (TPSA) is 0 Å². The fourth-order valence-electron chi connectivity index (χ4n) is 1.99. The summed E-state index contributed by atoms with van der Waals surface area (Å²) in [6, 6.07) is 16.7. The Labute approximate surface area is 153 Å². The Morgan fingerprint density at radius 1 is 0.542 bits per heavy atom. The minimum absolute atomic E-state index is 0. The molecule has 0 saturated carbocycles. The molecule has 0 spiro atoms. The molecule has 0 aliphatic heterocycles. The zero-order valence-electron chi connectivity index (χ0n) is 13.2. The van der Waals surface area contributed by atoms with Crippen molar-refractivity contribution < 1.29 is 36.7 Å². The average Bonchev–Trinajstić information content (AvgIpc) is 2.46. The molecule has 0 bridgehead atoms. The van der Waals surface area contributed by atoms with E-state index in [2.05, 4.69) is 72.8 Å². The Hall–Kier alpha value is -1.41. The Morgan fingerprint density at radius 2 is 0.750 bits per heavy atom. The van der Waals surface area contributed by atoms with E-state index in [0.29, 0.717) is 0 Å². The van der Waals surface area contributed by atoms with Crippen LogP contribution in [0.5, 0.6) is 0 Å². The normalized spacial score (nSPS) is 14.7. The fraction of sp³-hybridized carbons (Fsp3) is 0.222. The molecule has 133 valence electrons. The zero-order valence-corrected chi connectivity index (χ0v) is 14.8. The molecule has 0 fully saturated rings. The van der Waals surface area contributed by atoms with E-state index in [-0.39, 0.29) is 19.5 Å². The molecule has 0 saturated heterocycles. The monoisotopic (exact) mass is 426 g/mol. The number of rotatable bonds is 0. The predicted octanol–water partition coefficient (Wildman–Crippen LogP) is 6.81. The largest absolute Gasteiger partial charge is 0.673 e. The number of allylic oxidation sites excluding steroid dienone is 4. The predicted molar refractivity (Wildman–Crippen MR) is 90.9 cm³/mol. The number of hydrogen-bond acceptors (Lipinski definition) is 0. The second-order valence-electron chi connectivity index (χ2n) is 4.94. The molecule has 1 radical (unpaired) electrons. The quantitative estimate of drug-likeness (QED) is 0.247. The summed E-state index contributed by atoms with van der Waals surface area (Å²) in [5, 5.41) is 2.62. The second-order valence-corrected chi connectivity index (χ2v) is 4.94. The van der Waals surface area contributed by atoms with Crippen LogP contribution in [0.4, 0.5) is 17.3 Å². The third-order valence-electron chi connectivity index (χ3n) is 2.99. The van der Waals surface area contributed by atoms with Gasteiger partial charge in [-0.25, -0.2) is 0 Å². The van der Waals surface area contributed by atoms with Crippen molar-refractivity contribution in [3.8, 4) is 0 Å². The van der Waals surface area contributed by atoms with E-state index in [1.165, 1.54) is 36.5 Å². The first-order valence-electron chi connectivity index (χ1n) is 7.58. The molecular weight excluding hydrogens is 406 g/mol. The molecule has 0 heterocycles. The van der Waals surface area contributed by atoms with Crippen LogP contribution in [0.15, 0.2) is 72.8 Å². The van der Waals surface area contributed by atoms with Crippen molar-refractivity contribution >= 4 is 18.0 Å². The molecule has 0 nitrogen and oxygen atoms in total. The molecule has 0 N–H and O–H groups in total. The van der Waals surface area contributed by atoms with E-state index in [4.69, 9.17) is 0 Å². The molecule has 2 aromatic carbocycles. The van der Waals surface area contributed by atoms with Gasteiger partial charge in [-0.2, -0.15) is 0 Å². The minimum Gasteiger partial charge on any atom is -0.418 e. The number of halogens is 4. The van der Waals surface area contributed by atoms with Crippen molar-refractivity contribution in [2.45, 2.75) is 25.7 Å².